The molecule has 1 unspecified atom stereocenters. The lowest BCUT2D eigenvalue weighted by Gasteiger charge is -2.18. The van der Waals surface area contributed by atoms with Gasteiger partial charge in [-0.05, 0) is 36.9 Å². The summed E-state index contributed by atoms with van der Waals surface area (Å²) in [6.07, 6.45) is 0. The fourth-order valence-electron chi connectivity index (χ4n) is 1.95. The zero-order valence-corrected chi connectivity index (χ0v) is 11.6. The maximum absolute atomic E-state index is 13.9. The van der Waals surface area contributed by atoms with Gasteiger partial charge in [0.05, 0.1) is 11.1 Å². The van der Waals surface area contributed by atoms with Crippen LogP contribution < -0.4 is 5.32 Å². The van der Waals surface area contributed by atoms with E-state index in [4.69, 9.17) is 23.2 Å². The van der Waals surface area contributed by atoms with Crippen LogP contribution in [-0.4, -0.2) is 7.05 Å². The summed E-state index contributed by atoms with van der Waals surface area (Å²) in [5.41, 5.74) is 0.933. The van der Waals surface area contributed by atoms with Crippen molar-refractivity contribution in [1.82, 2.24) is 5.32 Å². The molecule has 2 aromatic carbocycles. The number of benzene rings is 2. The van der Waals surface area contributed by atoms with E-state index in [2.05, 4.69) is 5.32 Å². The van der Waals surface area contributed by atoms with Crippen LogP contribution in [0.25, 0.3) is 0 Å². The van der Waals surface area contributed by atoms with Gasteiger partial charge in [0, 0.05) is 10.6 Å². The molecule has 0 aliphatic heterocycles. The van der Waals surface area contributed by atoms with Gasteiger partial charge in [-0.1, -0.05) is 35.3 Å². The Morgan fingerprint density at radius 1 is 1.05 bits per heavy atom. The van der Waals surface area contributed by atoms with Gasteiger partial charge in [0.1, 0.15) is 11.6 Å². The van der Waals surface area contributed by atoms with Crippen molar-refractivity contribution in [3.8, 4) is 0 Å². The minimum atomic E-state index is -0.652. The maximum Gasteiger partial charge on any atom is 0.142 e. The van der Waals surface area contributed by atoms with Crippen molar-refractivity contribution in [2.45, 2.75) is 6.04 Å². The van der Waals surface area contributed by atoms with Crippen LogP contribution in [0.15, 0.2) is 36.4 Å². The Morgan fingerprint density at radius 3 is 2.42 bits per heavy atom. The minimum absolute atomic E-state index is 0.187. The summed E-state index contributed by atoms with van der Waals surface area (Å²) in [6, 6.07) is 8.54. The monoisotopic (exact) mass is 301 g/mol. The van der Waals surface area contributed by atoms with E-state index >= 15 is 0 Å². The Labute approximate surface area is 120 Å². The molecule has 0 aromatic heterocycles. The van der Waals surface area contributed by atoms with Crippen molar-refractivity contribution < 1.29 is 8.78 Å². The number of hydrogen-bond donors (Lipinski definition) is 1. The van der Waals surface area contributed by atoms with Crippen LogP contribution in [-0.2, 0) is 0 Å². The summed E-state index contributed by atoms with van der Waals surface area (Å²) in [4.78, 5) is 0. The standard InChI is InChI=1S/C14H11Cl2F2N/c1-19-14(8-3-2-4-9(15)5-8)10-6-13(18)11(16)7-12(10)17/h2-7,14,19H,1H3. The van der Waals surface area contributed by atoms with E-state index in [1.165, 1.54) is 0 Å². The van der Waals surface area contributed by atoms with Crippen molar-refractivity contribution in [1.29, 1.82) is 0 Å². The number of hydrogen-bond acceptors (Lipinski definition) is 1. The van der Waals surface area contributed by atoms with E-state index < -0.39 is 17.7 Å². The first kappa shape index (κ1) is 14.3. The Balaban J connectivity index is 2.51. The second-order valence-corrected chi connectivity index (χ2v) is 4.91. The molecule has 0 radical (unpaired) electrons. The van der Waals surface area contributed by atoms with Gasteiger partial charge < -0.3 is 5.32 Å². The summed E-state index contributed by atoms with van der Waals surface area (Å²) < 4.78 is 27.4. The van der Waals surface area contributed by atoms with Crippen molar-refractivity contribution in [2.75, 3.05) is 7.05 Å². The fourth-order valence-corrected chi connectivity index (χ4v) is 2.30. The molecule has 0 fully saturated rings. The SMILES string of the molecule is CNC(c1cccc(Cl)c1)c1cc(F)c(Cl)cc1F. The highest BCUT2D eigenvalue weighted by Crippen LogP contribution is 2.29. The lowest BCUT2D eigenvalue weighted by atomic mass is 9.98. The molecule has 19 heavy (non-hydrogen) atoms. The van der Waals surface area contributed by atoms with E-state index in [1.807, 2.05) is 0 Å². The number of halogens is 4. The molecule has 0 bridgehead atoms. The van der Waals surface area contributed by atoms with Crippen LogP contribution in [0.5, 0.6) is 0 Å². The van der Waals surface area contributed by atoms with E-state index in [-0.39, 0.29) is 10.6 Å². The van der Waals surface area contributed by atoms with Gasteiger partial charge in [0.2, 0.25) is 0 Å². The topological polar surface area (TPSA) is 12.0 Å². The van der Waals surface area contributed by atoms with Gasteiger partial charge in [-0.3, -0.25) is 0 Å². The van der Waals surface area contributed by atoms with Gasteiger partial charge in [-0.2, -0.15) is 0 Å². The Hall–Kier alpha value is -1.16. The van der Waals surface area contributed by atoms with Crippen molar-refractivity contribution in [3.63, 3.8) is 0 Å². The Bertz CT molecular complexity index is 602. The van der Waals surface area contributed by atoms with Gasteiger partial charge in [0.15, 0.2) is 0 Å². The van der Waals surface area contributed by atoms with E-state index in [0.717, 1.165) is 17.7 Å². The molecule has 2 rings (SSSR count). The van der Waals surface area contributed by atoms with Gasteiger partial charge >= 0.3 is 0 Å². The summed E-state index contributed by atoms with van der Waals surface area (Å²) in [5.74, 6) is -1.22. The molecule has 100 valence electrons. The maximum atomic E-state index is 13.9. The van der Waals surface area contributed by atoms with Crippen LogP contribution in [0.1, 0.15) is 17.2 Å². The summed E-state index contributed by atoms with van der Waals surface area (Å²) in [5, 5.41) is 3.24. The molecule has 0 saturated carbocycles. The van der Waals surface area contributed by atoms with Gasteiger partial charge in [-0.25, -0.2) is 8.78 Å². The predicted molar refractivity (Wildman–Crippen MR) is 73.7 cm³/mol. The largest absolute Gasteiger partial charge is 0.309 e. The van der Waals surface area contributed by atoms with E-state index in [9.17, 15) is 8.78 Å². The molecule has 0 heterocycles. The molecule has 2 aromatic rings. The first-order chi connectivity index (χ1) is 9.02. The third-order valence-corrected chi connectivity index (χ3v) is 3.35. The Kier molecular flexibility index (Phi) is 4.40. The predicted octanol–water partition coefficient (Wildman–Crippen LogP) is 4.58. The molecule has 1 atom stereocenters. The molecule has 0 amide bonds. The average molecular weight is 302 g/mol. The first-order valence-electron chi connectivity index (χ1n) is 5.60. The van der Waals surface area contributed by atoms with Crippen LogP contribution >= 0.6 is 23.2 Å². The van der Waals surface area contributed by atoms with Crippen LogP contribution in [0.4, 0.5) is 8.78 Å². The number of rotatable bonds is 3. The van der Waals surface area contributed by atoms with Crippen LogP contribution in [0.3, 0.4) is 0 Å². The highest BCUT2D eigenvalue weighted by molar-refractivity contribution is 6.31. The first-order valence-corrected chi connectivity index (χ1v) is 6.35. The zero-order chi connectivity index (χ0) is 14.0. The molecule has 0 saturated heterocycles. The summed E-state index contributed by atoms with van der Waals surface area (Å²) in [6.45, 7) is 0. The molecular formula is C14H11Cl2F2N. The second-order valence-electron chi connectivity index (χ2n) is 4.06. The van der Waals surface area contributed by atoms with Gasteiger partial charge in [0.25, 0.3) is 0 Å². The van der Waals surface area contributed by atoms with Crippen molar-refractivity contribution in [3.05, 3.63) is 69.2 Å². The lowest BCUT2D eigenvalue weighted by Crippen LogP contribution is -2.19. The van der Waals surface area contributed by atoms with E-state index in [1.54, 1.807) is 31.3 Å². The average Bonchev–Trinajstić information content (AvgIpc) is 2.36. The highest BCUT2D eigenvalue weighted by Gasteiger charge is 2.18. The molecule has 1 nitrogen and oxygen atoms in total. The minimum Gasteiger partial charge on any atom is -0.309 e. The summed E-state index contributed by atoms with van der Waals surface area (Å²) >= 11 is 11.5. The van der Waals surface area contributed by atoms with Crippen LogP contribution in [0.2, 0.25) is 10.0 Å². The third kappa shape index (κ3) is 3.06. The zero-order valence-electron chi connectivity index (χ0n) is 10.1. The van der Waals surface area contributed by atoms with Crippen LogP contribution in [0, 0.1) is 11.6 Å². The molecular weight excluding hydrogens is 291 g/mol. The second kappa shape index (κ2) is 5.87. The molecule has 0 aliphatic rings. The summed E-state index contributed by atoms with van der Waals surface area (Å²) in [7, 11) is 1.66. The third-order valence-electron chi connectivity index (χ3n) is 2.82. The van der Waals surface area contributed by atoms with E-state index in [0.29, 0.717) is 5.02 Å². The molecule has 0 spiro atoms. The quantitative estimate of drug-likeness (QED) is 0.818. The van der Waals surface area contributed by atoms with Crippen molar-refractivity contribution >= 4 is 23.2 Å². The highest BCUT2D eigenvalue weighted by atomic mass is 35.5. The lowest BCUT2D eigenvalue weighted by molar-refractivity contribution is 0.558. The molecule has 5 heteroatoms. The molecule has 0 aliphatic carbocycles. The van der Waals surface area contributed by atoms with Gasteiger partial charge in [-0.15, -0.1) is 0 Å². The number of nitrogens with one attached hydrogen (secondary N) is 1. The fraction of sp³-hybridized carbons (Fsp3) is 0.143. The smallest absolute Gasteiger partial charge is 0.142 e. The normalized spacial score (nSPS) is 12.5. The van der Waals surface area contributed by atoms with Crippen molar-refractivity contribution in [2.24, 2.45) is 0 Å². The Morgan fingerprint density at radius 2 is 1.79 bits per heavy atom. The molecule has 1 N–H and O–H groups in total.